The highest BCUT2D eigenvalue weighted by atomic mass is 32.2. The first kappa shape index (κ1) is 18.0. The predicted molar refractivity (Wildman–Crippen MR) is 106 cm³/mol. The summed E-state index contributed by atoms with van der Waals surface area (Å²) in [7, 11) is 0. The van der Waals surface area contributed by atoms with Gasteiger partial charge in [-0.3, -0.25) is 9.89 Å². The van der Waals surface area contributed by atoms with Crippen LogP contribution in [0.5, 0.6) is 0 Å². The van der Waals surface area contributed by atoms with Gasteiger partial charge in [-0.1, -0.05) is 36.7 Å². The number of aromatic nitrogens is 5. The minimum atomic E-state index is -0.0769. The summed E-state index contributed by atoms with van der Waals surface area (Å²) in [5.41, 5.74) is 1.41. The molecule has 27 heavy (non-hydrogen) atoms. The van der Waals surface area contributed by atoms with E-state index in [9.17, 15) is 4.79 Å². The fourth-order valence-corrected chi connectivity index (χ4v) is 4.42. The van der Waals surface area contributed by atoms with Crippen molar-refractivity contribution in [2.24, 2.45) is 0 Å². The fourth-order valence-electron chi connectivity index (χ4n) is 3.85. The van der Waals surface area contributed by atoms with Crippen molar-refractivity contribution in [3.8, 4) is 0 Å². The molecule has 0 atom stereocenters. The third-order valence-electron chi connectivity index (χ3n) is 5.19. The van der Waals surface area contributed by atoms with E-state index in [0.717, 1.165) is 34.7 Å². The maximum absolute atomic E-state index is 12.5. The number of para-hydroxylation sites is 1. The summed E-state index contributed by atoms with van der Waals surface area (Å²) in [5, 5.41) is 20.6. The molecule has 0 aliphatic heterocycles. The maximum atomic E-state index is 12.5. The SMILES string of the molecule is CSc1nnc(CCCNC(=O)c2cccc3cn[nH]c23)n1C1CCCC1. The van der Waals surface area contributed by atoms with Gasteiger partial charge in [-0.15, -0.1) is 10.2 Å². The first-order valence-corrected chi connectivity index (χ1v) is 10.7. The highest BCUT2D eigenvalue weighted by molar-refractivity contribution is 7.98. The molecule has 3 aromatic rings. The van der Waals surface area contributed by atoms with Gasteiger partial charge < -0.3 is 9.88 Å². The topological polar surface area (TPSA) is 88.5 Å². The smallest absolute Gasteiger partial charge is 0.253 e. The van der Waals surface area contributed by atoms with Crippen molar-refractivity contribution < 1.29 is 4.79 Å². The standard InChI is InChI=1S/C19H24N6OS/c1-27-19-24-22-16(25(19)14-7-2-3-8-14)10-5-11-20-18(26)15-9-4-6-13-12-21-23-17(13)15/h4,6,9,12,14H,2-3,5,7-8,10-11H2,1H3,(H,20,26)(H,21,23). The van der Waals surface area contributed by atoms with Crippen LogP contribution in [0.3, 0.4) is 0 Å². The molecule has 0 unspecified atom stereocenters. The molecule has 1 aliphatic rings. The summed E-state index contributed by atoms with van der Waals surface area (Å²) in [6, 6.07) is 6.16. The van der Waals surface area contributed by atoms with Crippen LogP contribution in [0.4, 0.5) is 0 Å². The molecule has 2 aromatic heterocycles. The van der Waals surface area contributed by atoms with E-state index in [2.05, 4.69) is 36.5 Å². The van der Waals surface area contributed by atoms with Crippen LogP contribution in [-0.4, -0.2) is 43.7 Å². The molecule has 4 rings (SSSR count). The minimum absolute atomic E-state index is 0.0769. The first-order chi connectivity index (χ1) is 13.3. The molecular weight excluding hydrogens is 360 g/mol. The molecule has 0 saturated heterocycles. The molecule has 1 fully saturated rings. The van der Waals surface area contributed by atoms with Gasteiger partial charge in [0.05, 0.1) is 17.3 Å². The van der Waals surface area contributed by atoms with Crippen molar-refractivity contribution in [1.29, 1.82) is 0 Å². The Morgan fingerprint density at radius 2 is 2.19 bits per heavy atom. The van der Waals surface area contributed by atoms with Gasteiger partial charge in [-0.25, -0.2) is 0 Å². The summed E-state index contributed by atoms with van der Waals surface area (Å²) in [6.45, 7) is 0.607. The molecule has 1 saturated carbocycles. The van der Waals surface area contributed by atoms with Gasteiger partial charge in [0.25, 0.3) is 5.91 Å². The molecule has 1 aliphatic carbocycles. The molecule has 142 valence electrons. The number of hydrogen-bond donors (Lipinski definition) is 2. The number of H-pyrrole nitrogens is 1. The van der Waals surface area contributed by atoms with E-state index < -0.39 is 0 Å². The number of benzene rings is 1. The van der Waals surface area contributed by atoms with Crippen molar-refractivity contribution >= 4 is 28.6 Å². The number of thioether (sulfide) groups is 1. The zero-order valence-electron chi connectivity index (χ0n) is 15.4. The van der Waals surface area contributed by atoms with Gasteiger partial charge in [-0.2, -0.15) is 5.10 Å². The van der Waals surface area contributed by atoms with Crippen molar-refractivity contribution in [3.05, 3.63) is 35.8 Å². The van der Waals surface area contributed by atoms with E-state index in [1.807, 2.05) is 18.2 Å². The monoisotopic (exact) mass is 384 g/mol. The zero-order chi connectivity index (χ0) is 18.6. The molecule has 1 aromatic carbocycles. The van der Waals surface area contributed by atoms with Gasteiger partial charge >= 0.3 is 0 Å². The Labute approximate surface area is 162 Å². The minimum Gasteiger partial charge on any atom is -0.352 e. The summed E-state index contributed by atoms with van der Waals surface area (Å²) in [5.74, 6) is 0.961. The molecule has 7 nitrogen and oxygen atoms in total. The number of amides is 1. The van der Waals surface area contributed by atoms with Crippen LogP contribution >= 0.6 is 11.8 Å². The molecular formula is C19H24N6OS. The van der Waals surface area contributed by atoms with E-state index >= 15 is 0 Å². The number of nitrogens with zero attached hydrogens (tertiary/aromatic N) is 4. The summed E-state index contributed by atoms with van der Waals surface area (Å²) in [6.07, 6.45) is 10.4. The Morgan fingerprint density at radius 1 is 1.33 bits per heavy atom. The second kappa shape index (κ2) is 8.12. The molecule has 0 radical (unpaired) electrons. The quantitative estimate of drug-likeness (QED) is 0.482. The van der Waals surface area contributed by atoms with Crippen molar-refractivity contribution in [1.82, 2.24) is 30.3 Å². The molecule has 1 amide bonds. The lowest BCUT2D eigenvalue weighted by Crippen LogP contribution is -2.25. The number of carbonyl (C=O) groups excluding carboxylic acids is 1. The number of carbonyl (C=O) groups is 1. The first-order valence-electron chi connectivity index (χ1n) is 9.46. The van der Waals surface area contributed by atoms with Gasteiger partial charge in [0, 0.05) is 24.4 Å². The Bertz CT molecular complexity index is 927. The molecule has 8 heteroatoms. The van der Waals surface area contributed by atoms with E-state index in [-0.39, 0.29) is 5.91 Å². The van der Waals surface area contributed by atoms with E-state index in [0.29, 0.717) is 18.2 Å². The highest BCUT2D eigenvalue weighted by Gasteiger charge is 2.23. The number of aryl methyl sites for hydroxylation is 1. The highest BCUT2D eigenvalue weighted by Crippen LogP contribution is 2.33. The van der Waals surface area contributed by atoms with Crippen LogP contribution in [-0.2, 0) is 6.42 Å². The van der Waals surface area contributed by atoms with Crippen molar-refractivity contribution in [2.45, 2.75) is 49.7 Å². The molecule has 0 bridgehead atoms. The predicted octanol–water partition coefficient (Wildman–Crippen LogP) is 3.35. The van der Waals surface area contributed by atoms with Crippen LogP contribution in [0.15, 0.2) is 29.6 Å². The normalized spacial score (nSPS) is 14.9. The van der Waals surface area contributed by atoms with E-state index in [1.165, 1.54) is 25.7 Å². The third kappa shape index (κ3) is 3.71. The second-order valence-corrected chi connectivity index (χ2v) is 7.68. The number of rotatable bonds is 7. The van der Waals surface area contributed by atoms with Crippen LogP contribution < -0.4 is 5.32 Å². The lowest BCUT2D eigenvalue weighted by atomic mass is 10.1. The average molecular weight is 385 g/mol. The lowest BCUT2D eigenvalue weighted by molar-refractivity contribution is 0.0954. The van der Waals surface area contributed by atoms with Gasteiger partial charge in [-0.05, 0) is 31.6 Å². The third-order valence-corrected chi connectivity index (χ3v) is 5.84. The number of hydrogen-bond acceptors (Lipinski definition) is 5. The van der Waals surface area contributed by atoms with Crippen LogP contribution in [0.25, 0.3) is 10.9 Å². The van der Waals surface area contributed by atoms with Crippen molar-refractivity contribution in [2.75, 3.05) is 12.8 Å². The maximum Gasteiger partial charge on any atom is 0.253 e. The average Bonchev–Trinajstić information content (AvgIpc) is 3.44. The summed E-state index contributed by atoms with van der Waals surface area (Å²) >= 11 is 1.66. The van der Waals surface area contributed by atoms with Gasteiger partial charge in [0.1, 0.15) is 5.82 Å². The summed E-state index contributed by atoms with van der Waals surface area (Å²) < 4.78 is 2.32. The fraction of sp³-hybridized carbons (Fsp3) is 0.474. The van der Waals surface area contributed by atoms with Gasteiger partial charge in [0.2, 0.25) is 0 Å². The Kier molecular flexibility index (Phi) is 5.42. The van der Waals surface area contributed by atoms with Crippen LogP contribution in [0, 0.1) is 0 Å². The largest absolute Gasteiger partial charge is 0.352 e. The summed E-state index contributed by atoms with van der Waals surface area (Å²) in [4.78, 5) is 12.5. The Balaban J connectivity index is 1.36. The van der Waals surface area contributed by atoms with Crippen LogP contribution in [0.1, 0.15) is 54.3 Å². The number of fused-ring (bicyclic) bond motifs is 1. The second-order valence-electron chi connectivity index (χ2n) is 6.91. The van der Waals surface area contributed by atoms with Gasteiger partial charge in [0.15, 0.2) is 5.16 Å². The Hall–Kier alpha value is -2.35. The van der Waals surface area contributed by atoms with E-state index in [4.69, 9.17) is 0 Å². The number of aromatic amines is 1. The number of nitrogens with one attached hydrogen (secondary N) is 2. The zero-order valence-corrected chi connectivity index (χ0v) is 16.3. The van der Waals surface area contributed by atoms with Crippen LogP contribution in [0.2, 0.25) is 0 Å². The van der Waals surface area contributed by atoms with Crippen molar-refractivity contribution in [3.63, 3.8) is 0 Å². The molecule has 0 spiro atoms. The molecule has 2 heterocycles. The Morgan fingerprint density at radius 3 is 3.00 bits per heavy atom. The van der Waals surface area contributed by atoms with E-state index in [1.54, 1.807) is 18.0 Å². The lowest BCUT2D eigenvalue weighted by Gasteiger charge is -2.16. The molecule has 2 N–H and O–H groups in total.